The summed E-state index contributed by atoms with van der Waals surface area (Å²) in [5.74, 6) is 0.314. The van der Waals surface area contributed by atoms with Crippen LogP contribution < -0.4 is 15.0 Å². The minimum absolute atomic E-state index is 0.00451. The molecule has 0 radical (unpaired) electrons. The Hall–Kier alpha value is -3.28. The van der Waals surface area contributed by atoms with Gasteiger partial charge in [-0.15, -0.1) is 0 Å². The molecular weight excluding hydrogens is 536 g/mol. The fourth-order valence-corrected chi connectivity index (χ4v) is 5.81. The lowest BCUT2D eigenvalue weighted by Crippen LogP contribution is -2.46. The lowest BCUT2D eigenvalue weighted by molar-refractivity contribution is 0.0447. The molecule has 1 saturated heterocycles. The summed E-state index contributed by atoms with van der Waals surface area (Å²) in [6, 6.07) is 6.50. The highest BCUT2D eigenvalue weighted by Crippen LogP contribution is 2.42. The third kappa shape index (κ3) is 5.13. The minimum Gasteiger partial charge on any atom is -0.468 e. The zero-order chi connectivity index (χ0) is 28.6. The average molecular weight is 570 g/mol. The van der Waals surface area contributed by atoms with Gasteiger partial charge in [-0.05, 0) is 67.0 Å². The van der Waals surface area contributed by atoms with Crippen molar-refractivity contribution in [2.75, 3.05) is 50.5 Å². The number of hydrogen-bond donors (Lipinski definition) is 2. The molecule has 0 spiro atoms. The maximum atomic E-state index is 16.7. The maximum Gasteiger partial charge on any atom is 0.189 e. The molecular formula is C29H33F2N5O3S. The zero-order valence-electron chi connectivity index (χ0n) is 23.3. The Kier molecular flexibility index (Phi) is 7.98. The number of anilines is 2. The molecule has 0 bridgehead atoms. The highest BCUT2D eigenvalue weighted by molar-refractivity contribution is 7.98. The molecule has 1 atom stereocenters. The van der Waals surface area contributed by atoms with Crippen LogP contribution in [0.2, 0.25) is 0 Å². The number of aryl methyl sites for hydroxylation is 1. The van der Waals surface area contributed by atoms with Crippen LogP contribution in [0, 0.1) is 11.6 Å². The number of benzene rings is 2. The van der Waals surface area contributed by atoms with Crippen LogP contribution in [0.4, 0.5) is 20.4 Å². The number of rotatable bonds is 8. The fourth-order valence-electron chi connectivity index (χ4n) is 5.45. The van der Waals surface area contributed by atoms with Crippen LogP contribution in [0.25, 0.3) is 32.9 Å². The predicted molar refractivity (Wildman–Crippen MR) is 155 cm³/mol. The van der Waals surface area contributed by atoms with E-state index >= 15 is 8.78 Å². The van der Waals surface area contributed by atoms with Gasteiger partial charge in [-0.3, -0.25) is 0 Å². The number of fused-ring (bicyclic) bond motifs is 2. The smallest absolute Gasteiger partial charge is 0.189 e. The standard InChI is InChI=1S/C29H33F2N5O3S/c1-6-18-20(30)9-8-16-12-17(39-15-38-4)13-19(21(16)18)24-23(31)25-22(26(32-3)33-24)27(35-28(34-25)40-5)36-11-7-10-29(2,37)14-36/h8-9,12-13,37H,6-7,10-11,14-15H2,1-5H3,(H,32,33)/t29-/m1/s1. The van der Waals surface area contributed by atoms with Gasteiger partial charge >= 0.3 is 0 Å². The summed E-state index contributed by atoms with van der Waals surface area (Å²) in [4.78, 5) is 16.0. The Morgan fingerprint density at radius 2 is 1.98 bits per heavy atom. The average Bonchev–Trinajstić information content (AvgIpc) is 2.95. The third-order valence-electron chi connectivity index (χ3n) is 7.23. The molecule has 1 fully saturated rings. The number of hydrogen-bond acceptors (Lipinski definition) is 9. The second kappa shape index (κ2) is 11.3. The van der Waals surface area contributed by atoms with E-state index in [1.54, 1.807) is 32.2 Å². The van der Waals surface area contributed by atoms with Gasteiger partial charge in [-0.25, -0.2) is 23.7 Å². The highest BCUT2D eigenvalue weighted by Gasteiger charge is 2.32. The predicted octanol–water partition coefficient (Wildman–Crippen LogP) is 5.78. The van der Waals surface area contributed by atoms with Crippen molar-refractivity contribution in [3.63, 3.8) is 0 Å². The Labute approximate surface area is 236 Å². The zero-order valence-corrected chi connectivity index (χ0v) is 24.1. The number of nitrogens with one attached hydrogen (secondary N) is 1. The molecule has 0 amide bonds. The Balaban J connectivity index is 1.83. The molecule has 0 unspecified atom stereocenters. The molecule has 2 N–H and O–H groups in total. The second-order valence-electron chi connectivity index (χ2n) is 10.2. The minimum atomic E-state index is -0.900. The number of piperidine rings is 1. The third-order valence-corrected chi connectivity index (χ3v) is 7.78. The van der Waals surface area contributed by atoms with Crippen molar-refractivity contribution in [3.8, 4) is 17.0 Å². The van der Waals surface area contributed by atoms with E-state index in [0.29, 0.717) is 75.8 Å². The van der Waals surface area contributed by atoms with Crippen LogP contribution in [0.1, 0.15) is 32.3 Å². The molecule has 40 heavy (non-hydrogen) atoms. The summed E-state index contributed by atoms with van der Waals surface area (Å²) in [6.45, 7) is 4.66. The number of aliphatic hydroxyl groups is 1. The number of ether oxygens (including phenoxy) is 2. The van der Waals surface area contributed by atoms with Crippen molar-refractivity contribution < 1.29 is 23.4 Å². The van der Waals surface area contributed by atoms with E-state index in [2.05, 4.69) is 10.3 Å². The molecule has 3 heterocycles. The van der Waals surface area contributed by atoms with Gasteiger partial charge in [0.2, 0.25) is 0 Å². The van der Waals surface area contributed by atoms with Gasteiger partial charge in [0.15, 0.2) is 17.8 Å². The van der Waals surface area contributed by atoms with Gasteiger partial charge in [0.1, 0.15) is 34.4 Å². The maximum absolute atomic E-state index is 16.7. The summed E-state index contributed by atoms with van der Waals surface area (Å²) in [5, 5.41) is 16.0. The molecule has 0 aliphatic carbocycles. The molecule has 11 heteroatoms. The largest absolute Gasteiger partial charge is 0.468 e. The number of pyridine rings is 1. The van der Waals surface area contributed by atoms with Gasteiger partial charge in [0.25, 0.3) is 0 Å². The molecule has 2 aromatic heterocycles. The molecule has 0 saturated carbocycles. The van der Waals surface area contributed by atoms with Crippen LogP contribution in [0.3, 0.4) is 0 Å². The van der Waals surface area contributed by atoms with Gasteiger partial charge in [0.05, 0.1) is 11.0 Å². The lowest BCUT2D eigenvalue weighted by atomic mass is 9.94. The molecule has 5 rings (SSSR count). The SMILES string of the molecule is CCc1c(F)ccc2cc(OCOC)cc(-c3nc(NC)c4c(N5CCC[C@@](C)(O)C5)nc(SC)nc4c3F)c12. The van der Waals surface area contributed by atoms with Gasteiger partial charge < -0.3 is 24.8 Å². The summed E-state index contributed by atoms with van der Waals surface area (Å²) < 4.78 is 42.5. The number of aromatic nitrogens is 3. The summed E-state index contributed by atoms with van der Waals surface area (Å²) in [7, 11) is 3.22. The Morgan fingerprint density at radius 1 is 1.18 bits per heavy atom. The number of thioether (sulfide) groups is 1. The molecule has 4 aromatic rings. The number of halogens is 2. The molecule has 1 aliphatic rings. The van der Waals surface area contributed by atoms with E-state index in [4.69, 9.17) is 19.4 Å². The quantitative estimate of drug-likeness (QED) is 0.156. The Morgan fingerprint density at radius 3 is 2.65 bits per heavy atom. The van der Waals surface area contributed by atoms with Gasteiger partial charge in [-0.2, -0.15) is 0 Å². The monoisotopic (exact) mass is 569 g/mol. The Bertz CT molecular complexity index is 1580. The van der Waals surface area contributed by atoms with E-state index in [1.165, 1.54) is 24.9 Å². The first-order valence-electron chi connectivity index (χ1n) is 13.2. The first-order valence-corrected chi connectivity index (χ1v) is 14.4. The van der Waals surface area contributed by atoms with Crippen molar-refractivity contribution in [2.24, 2.45) is 0 Å². The van der Waals surface area contributed by atoms with E-state index in [0.717, 1.165) is 6.42 Å². The second-order valence-corrected chi connectivity index (χ2v) is 10.9. The number of nitrogens with zero attached hydrogens (tertiary/aromatic N) is 4. The van der Waals surface area contributed by atoms with Crippen molar-refractivity contribution >= 4 is 45.1 Å². The topological polar surface area (TPSA) is 92.6 Å². The van der Waals surface area contributed by atoms with Gasteiger partial charge in [-0.1, -0.05) is 24.8 Å². The highest BCUT2D eigenvalue weighted by atomic mass is 32.2. The normalized spacial score (nSPS) is 17.6. The first kappa shape index (κ1) is 28.3. The number of β-amino-alcohol motifs (C(OH)–C–C–N with tert-alkyl or cyclic N) is 1. The van der Waals surface area contributed by atoms with Crippen molar-refractivity contribution in [1.29, 1.82) is 0 Å². The van der Waals surface area contributed by atoms with E-state index in [1.807, 2.05) is 18.1 Å². The summed E-state index contributed by atoms with van der Waals surface area (Å²) >= 11 is 1.31. The van der Waals surface area contributed by atoms with E-state index in [9.17, 15) is 5.11 Å². The first-order chi connectivity index (χ1) is 19.2. The van der Waals surface area contributed by atoms with E-state index in [-0.39, 0.29) is 23.8 Å². The number of methoxy groups -OCH3 is 1. The molecule has 1 aliphatic heterocycles. The summed E-state index contributed by atoms with van der Waals surface area (Å²) in [6.07, 6.45) is 3.67. The van der Waals surface area contributed by atoms with Crippen molar-refractivity contribution in [3.05, 3.63) is 41.5 Å². The summed E-state index contributed by atoms with van der Waals surface area (Å²) in [5.41, 5.74) is 0.0692. The van der Waals surface area contributed by atoms with Crippen LogP contribution in [-0.2, 0) is 11.2 Å². The lowest BCUT2D eigenvalue weighted by Gasteiger charge is -2.38. The fraction of sp³-hybridized carbons (Fsp3) is 0.414. The van der Waals surface area contributed by atoms with Gasteiger partial charge in [0, 0.05) is 32.8 Å². The van der Waals surface area contributed by atoms with E-state index < -0.39 is 11.4 Å². The van der Waals surface area contributed by atoms with Crippen LogP contribution in [0.5, 0.6) is 5.75 Å². The molecule has 8 nitrogen and oxygen atoms in total. The van der Waals surface area contributed by atoms with Crippen LogP contribution in [-0.4, -0.2) is 66.0 Å². The van der Waals surface area contributed by atoms with Crippen molar-refractivity contribution in [1.82, 2.24) is 15.0 Å². The molecule has 2 aromatic carbocycles. The van der Waals surface area contributed by atoms with Crippen LogP contribution >= 0.6 is 11.8 Å². The molecule has 212 valence electrons. The van der Waals surface area contributed by atoms with Crippen LogP contribution in [0.15, 0.2) is 29.4 Å². The van der Waals surface area contributed by atoms with Crippen molar-refractivity contribution in [2.45, 2.75) is 43.9 Å².